The molecule has 0 saturated heterocycles. The molecule has 0 atom stereocenters. The number of ether oxygens (including phenoxy) is 2. The second kappa shape index (κ2) is 6.85. The molecule has 6 heteroatoms. The highest BCUT2D eigenvalue weighted by Crippen LogP contribution is 2.23. The number of hydrogen-bond donors (Lipinski definition) is 2. The highest BCUT2D eigenvalue weighted by atomic mass is 35.5. The van der Waals surface area contributed by atoms with E-state index in [1.807, 2.05) is 25.1 Å². The van der Waals surface area contributed by atoms with Crippen molar-refractivity contribution in [3.8, 4) is 11.5 Å². The fraction of sp³-hybridized carbons (Fsp3) is 0.200. The molecule has 0 amide bonds. The summed E-state index contributed by atoms with van der Waals surface area (Å²) in [6, 6.07) is 10.5. The quantitative estimate of drug-likeness (QED) is 0.829. The number of benzene rings is 2. The Morgan fingerprint density at radius 2 is 1.81 bits per heavy atom. The molecule has 0 bridgehead atoms. The van der Waals surface area contributed by atoms with Crippen LogP contribution in [0.25, 0.3) is 0 Å². The SMILES string of the molecule is COc1ccc(COc2ccc(Cl)cc2C)cc1B(O)O. The van der Waals surface area contributed by atoms with Crippen molar-refractivity contribution in [1.82, 2.24) is 0 Å². The van der Waals surface area contributed by atoms with Crippen LogP contribution in [0.1, 0.15) is 11.1 Å². The lowest BCUT2D eigenvalue weighted by Gasteiger charge is -2.12. The lowest BCUT2D eigenvalue weighted by atomic mass is 9.79. The van der Waals surface area contributed by atoms with Gasteiger partial charge in [0.05, 0.1) is 7.11 Å². The number of methoxy groups -OCH3 is 1. The number of hydrogen-bond acceptors (Lipinski definition) is 4. The molecule has 2 aromatic rings. The first-order chi connectivity index (χ1) is 10.0. The molecule has 21 heavy (non-hydrogen) atoms. The summed E-state index contributed by atoms with van der Waals surface area (Å²) in [5, 5.41) is 19.3. The monoisotopic (exact) mass is 306 g/mol. The van der Waals surface area contributed by atoms with Gasteiger partial charge in [0.1, 0.15) is 18.1 Å². The van der Waals surface area contributed by atoms with Gasteiger partial charge in [-0.05, 0) is 42.3 Å². The van der Waals surface area contributed by atoms with Crippen molar-refractivity contribution in [2.24, 2.45) is 0 Å². The molecular weight excluding hydrogens is 290 g/mol. The van der Waals surface area contributed by atoms with E-state index in [4.69, 9.17) is 21.1 Å². The summed E-state index contributed by atoms with van der Waals surface area (Å²) in [5.74, 6) is 1.16. The third-order valence-corrected chi connectivity index (χ3v) is 3.34. The highest BCUT2D eigenvalue weighted by molar-refractivity contribution is 6.59. The van der Waals surface area contributed by atoms with Crippen LogP contribution in [0.2, 0.25) is 5.02 Å². The zero-order valence-corrected chi connectivity index (χ0v) is 12.6. The van der Waals surface area contributed by atoms with Crippen LogP contribution < -0.4 is 14.9 Å². The summed E-state index contributed by atoms with van der Waals surface area (Å²) in [5.41, 5.74) is 2.07. The van der Waals surface area contributed by atoms with Crippen molar-refractivity contribution in [3.05, 3.63) is 52.5 Å². The first-order valence-corrected chi connectivity index (χ1v) is 6.81. The second-order valence-electron chi connectivity index (χ2n) is 4.65. The average molecular weight is 307 g/mol. The third-order valence-electron chi connectivity index (χ3n) is 3.10. The van der Waals surface area contributed by atoms with E-state index in [1.54, 1.807) is 18.2 Å². The molecule has 110 valence electrons. The van der Waals surface area contributed by atoms with Crippen molar-refractivity contribution in [2.45, 2.75) is 13.5 Å². The van der Waals surface area contributed by atoms with Gasteiger partial charge in [-0.25, -0.2) is 0 Å². The molecule has 2 rings (SSSR count). The third kappa shape index (κ3) is 3.91. The van der Waals surface area contributed by atoms with Gasteiger partial charge in [0, 0.05) is 10.5 Å². The molecule has 4 nitrogen and oxygen atoms in total. The standard InChI is InChI=1S/C15H16BClO4/c1-10-7-12(17)4-6-14(10)21-9-11-3-5-15(20-2)13(8-11)16(18)19/h3-8,18-19H,9H2,1-2H3. The first kappa shape index (κ1) is 15.7. The minimum Gasteiger partial charge on any atom is -0.497 e. The number of aryl methyl sites for hydroxylation is 1. The van der Waals surface area contributed by atoms with Crippen LogP contribution in [0.15, 0.2) is 36.4 Å². The maximum absolute atomic E-state index is 9.34. The highest BCUT2D eigenvalue weighted by Gasteiger charge is 2.17. The van der Waals surface area contributed by atoms with Gasteiger partial charge in [0.2, 0.25) is 0 Å². The fourth-order valence-corrected chi connectivity index (χ4v) is 2.24. The van der Waals surface area contributed by atoms with Crippen LogP contribution in [0.3, 0.4) is 0 Å². The van der Waals surface area contributed by atoms with Crippen molar-refractivity contribution >= 4 is 24.2 Å². The fourth-order valence-electron chi connectivity index (χ4n) is 2.01. The van der Waals surface area contributed by atoms with E-state index < -0.39 is 7.12 Å². The van der Waals surface area contributed by atoms with Crippen LogP contribution in [0.4, 0.5) is 0 Å². The Morgan fingerprint density at radius 3 is 2.43 bits per heavy atom. The summed E-state index contributed by atoms with van der Waals surface area (Å²) >= 11 is 5.90. The topological polar surface area (TPSA) is 58.9 Å². The van der Waals surface area contributed by atoms with Gasteiger partial charge < -0.3 is 19.5 Å². The normalized spacial score (nSPS) is 10.3. The summed E-state index contributed by atoms with van der Waals surface area (Å²) in [7, 11) is -0.105. The predicted molar refractivity (Wildman–Crippen MR) is 83.3 cm³/mol. The summed E-state index contributed by atoms with van der Waals surface area (Å²) < 4.78 is 10.8. The Hall–Kier alpha value is -1.69. The van der Waals surface area contributed by atoms with Gasteiger partial charge in [-0.1, -0.05) is 23.7 Å². The molecule has 0 aliphatic heterocycles. The van der Waals surface area contributed by atoms with Crippen LogP contribution in [0, 0.1) is 6.92 Å². The van der Waals surface area contributed by atoms with Gasteiger partial charge in [-0.3, -0.25) is 0 Å². The van der Waals surface area contributed by atoms with Crippen molar-refractivity contribution in [1.29, 1.82) is 0 Å². The Kier molecular flexibility index (Phi) is 5.12. The van der Waals surface area contributed by atoms with Crippen LogP contribution >= 0.6 is 11.6 Å². The van der Waals surface area contributed by atoms with Gasteiger partial charge >= 0.3 is 7.12 Å². The average Bonchev–Trinajstić information content (AvgIpc) is 2.46. The van der Waals surface area contributed by atoms with E-state index in [0.717, 1.165) is 16.9 Å². The van der Waals surface area contributed by atoms with E-state index in [2.05, 4.69) is 0 Å². The number of halogens is 1. The lowest BCUT2D eigenvalue weighted by Crippen LogP contribution is -2.31. The van der Waals surface area contributed by atoms with Crippen LogP contribution in [0.5, 0.6) is 11.5 Å². The van der Waals surface area contributed by atoms with Gasteiger partial charge in [-0.15, -0.1) is 0 Å². The summed E-state index contributed by atoms with van der Waals surface area (Å²) in [4.78, 5) is 0. The maximum Gasteiger partial charge on any atom is 0.492 e. The molecule has 0 fully saturated rings. The molecule has 0 unspecified atom stereocenters. The van der Waals surface area contributed by atoms with E-state index >= 15 is 0 Å². The summed E-state index contributed by atoms with van der Waals surface area (Å²) in [6.07, 6.45) is 0. The molecule has 0 aliphatic rings. The lowest BCUT2D eigenvalue weighted by molar-refractivity contribution is 0.304. The van der Waals surface area contributed by atoms with E-state index in [9.17, 15) is 10.0 Å². The van der Waals surface area contributed by atoms with Gasteiger partial charge in [-0.2, -0.15) is 0 Å². The molecule has 0 aliphatic carbocycles. The predicted octanol–water partition coefficient (Wildman–Crippen LogP) is 1.92. The van der Waals surface area contributed by atoms with Gasteiger partial charge in [0.15, 0.2) is 0 Å². The largest absolute Gasteiger partial charge is 0.497 e. The maximum atomic E-state index is 9.34. The van der Waals surface area contributed by atoms with E-state index in [0.29, 0.717) is 22.8 Å². The molecule has 2 N–H and O–H groups in total. The molecule has 2 aromatic carbocycles. The van der Waals surface area contributed by atoms with E-state index in [-0.39, 0.29) is 0 Å². The minimum absolute atomic E-state index is 0.312. The summed E-state index contributed by atoms with van der Waals surface area (Å²) in [6.45, 7) is 2.23. The Bertz CT molecular complexity index is 631. The Morgan fingerprint density at radius 1 is 1.10 bits per heavy atom. The molecular formula is C15H16BClO4. The zero-order chi connectivity index (χ0) is 15.4. The Labute approximate surface area is 129 Å². The molecule has 0 radical (unpaired) electrons. The van der Waals surface area contributed by atoms with Gasteiger partial charge in [0.25, 0.3) is 0 Å². The van der Waals surface area contributed by atoms with Crippen molar-refractivity contribution in [2.75, 3.05) is 7.11 Å². The van der Waals surface area contributed by atoms with Crippen LogP contribution in [-0.2, 0) is 6.61 Å². The zero-order valence-electron chi connectivity index (χ0n) is 11.8. The van der Waals surface area contributed by atoms with Crippen molar-refractivity contribution < 1.29 is 19.5 Å². The van der Waals surface area contributed by atoms with Crippen LogP contribution in [-0.4, -0.2) is 24.3 Å². The molecule has 0 heterocycles. The van der Waals surface area contributed by atoms with Crippen molar-refractivity contribution in [3.63, 3.8) is 0 Å². The molecule has 0 aromatic heterocycles. The number of rotatable bonds is 5. The molecule has 0 spiro atoms. The molecule has 0 saturated carbocycles. The smallest absolute Gasteiger partial charge is 0.492 e. The van der Waals surface area contributed by atoms with E-state index in [1.165, 1.54) is 7.11 Å². The first-order valence-electron chi connectivity index (χ1n) is 6.43. The minimum atomic E-state index is -1.59. The second-order valence-corrected chi connectivity index (χ2v) is 5.08. The Balaban J connectivity index is 2.14.